The Morgan fingerprint density at radius 2 is 1.73 bits per heavy atom. The van der Waals surface area contributed by atoms with E-state index in [2.05, 4.69) is 86.4 Å². The zero-order valence-corrected chi connectivity index (χ0v) is 14.4. The van der Waals surface area contributed by atoms with Crippen LogP contribution in [-0.2, 0) is 13.6 Å². The molecule has 6 rings (SSSR count). The molecule has 3 aromatic heterocycles. The summed E-state index contributed by atoms with van der Waals surface area (Å²) in [6, 6.07) is 23.5. The predicted molar refractivity (Wildman–Crippen MR) is 102 cm³/mol. The molecule has 0 saturated heterocycles. The zero-order chi connectivity index (χ0) is 17.3. The van der Waals surface area contributed by atoms with Crippen LogP contribution >= 0.6 is 0 Å². The second-order valence-corrected chi connectivity index (χ2v) is 6.83. The first-order valence-electron chi connectivity index (χ1n) is 8.86. The van der Waals surface area contributed by atoms with E-state index in [1.54, 1.807) is 0 Å². The second-order valence-electron chi connectivity index (χ2n) is 6.83. The average Bonchev–Trinajstić information content (AvgIpc) is 3.31. The van der Waals surface area contributed by atoms with Crippen LogP contribution in [0.25, 0.3) is 39.1 Å². The predicted octanol–water partition coefficient (Wildman–Crippen LogP) is 3.83. The van der Waals surface area contributed by atoms with E-state index in [1.165, 1.54) is 39.1 Å². The first-order valence-corrected chi connectivity index (χ1v) is 8.86. The minimum absolute atomic E-state index is 0.815. The molecular weight excluding hydrogens is 320 g/mol. The van der Waals surface area contributed by atoms with Crippen LogP contribution in [0.1, 0.15) is 5.69 Å². The smallest absolute Gasteiger partial charge is 0.298 e. The molecule has 0 amide bonds. The lowest BCUT2D eigenvalue weighted by molar-refractivity contribution is -0.645. The molecule has 0 atom stereocenters. The molecule has 0 bridgehead atoms. The Morgan fingerprint density at radius 1 is 0.923 bits per heavy atom. The first kappa shape index (κ1) is 13.8. The summed E-state index contributed by atoms with van der Waals surface area (Å²) in [4.78, 5) is 4.63. The van der Waals surface area contributed by atoms with Gasteiger partial charge in [-0.15, -0.1) is 0 Å². The molecule has 26 heavy (non-hydrogen) atoms. The SMILES string of the molecule is Cn1c2ccccc2c2c1n(-c1ccccc1)c1[n+]2Cc2ncccc2-1. The van der Waals surface area contributed by atoms with Crippen molar-refractivity contribution in [3.05, 3.63) is 78.6 Å². The molecule has 5 aromatic rings. The summed E-state index contributed by atoms with van der Waals surface area (Å²) < 4.78 is 7.10. The highest BCUT2D eigenvalue weighted by molar-refractivity contribution is 6.04. The third-order valence-corrected chi connectivity index (χ3v) is 5.45. The molecule has 0 unspecified atom stereocenters. The fraction of sp³-hybridized carbons (Fsp3) is 0.0909. The summed E-state index contributed by atoms with van der Waals surface area (Å²) in [5.41, 5.74) is 7.29. The molecule has 124 valence electrons. The Balaban J connectivity index is 1.87. The molecule has 0 saturated carbocycles. The van der Waals surface area contributed by atoms with Crippen LogP contribution < -0.4 is 4.57 Å². The Hall–Kier alpha value is -3.40. The molecule has 4 heterocycles. The summed E-state index contributed by atoms with van der Waals surface area (Å²) in [7, 11) is 2.16. The lowest BCUT2D eigenvalue weighted by atomic mass is 10.2. The topological polar surface area (TPSA) is 26.6 Å². The van der Waals surface area contributed by atoms with E-state index >= 15 is 0 Å². The first-order chi connectivity index (χ1) is 12.8. The number of benzene rings is 2. The fourth-order valence-corrected chi connectivity index (χ4v) is 4.37. The number of aryl methyl sites for hydroxylation is 1. The van der Waals surface area contributed by atoms with E-state index < -0.39 is 0 Å². The minimum Gasteiger partial charge on any atom is -0.307 e. The van der Waals surface area contributed by atoms with Gasteiger partial charge in [0, 0.05) is 13.2 Å². The van der Waals surface area contributed by atoms with Crippen LogP contribution in [0.2, 0.25) is 0 Å². The third-order valence-electron chi connectivity index (χ3n) is 5.45. The molecular formula is C22H17N4+. The molecule has 0 radical (unpaired) electrons. The van der Waals surface area contributed by atoms with Crippen molar-refractivity contribution in [2.24, 2.45) is 7.05 Å². The monoisotopic (exact) mass is 337 g/mol. The van der Waals surface area contributed by atoms with Gasteiger partial charge in [-0.1, -0.05) is 30.3 Å². The largest absolute Gasteiger partial charge is 0.307 e. The Kier molecular flexibility index (Phi) is 2.57. The number of fused-ring (bicyclic) bond motifs is 7. The van der Waals surface area contributed by atoms with E-state index in [1.807, 2.05) is 12.3 Å². The van der Waals surface area contributed by atoms with Crippen LogP contribution in [-0.4, -0.2) is 14.1 Å². The van der Waals surface area contributed by atoms with Crippen molar-refractivity contribution < 1.29 is 4.57 Å². The van der Waals surface area contributed by atoms with Gasteiger partial charge in [-0.25, -0.2) is 4.57 Å². The highest BCUT2D eigenvalue weighted by Gasteiger charge is 2.38. The number of hydrogen-bond acceptors (Lipinski definition) is 1. The van der Waals surface area contributed by atoms with Gasteiger partial charge in [-0.2, -0.15) is 4.57 Å². The van der Waals surface area contributed by atoms with Crippen molar-refractivity contribution in [1.29, 1.82) is 0 Å². The molecule has 4 heteroatoms. The summed E-state index contributed by atoms with van der Waals surface area (Å²) in [6.45, 7) is 0.815. The maximum Gasteiger partial charge on any atom is 0.298 e. The van der Waals surface area contributed by atoms with E-state index in [4.69, 9.17) is 0 Å². The normalized spacial score (nSPS) is 12.7. The van der Waals surface area contributed by atoms with Crippen LogP contribution in [0.4, 0.5) is 0 Å². The summed E-state index contributed by atoms with van der Waals surface area (Å²) >= 11 is 0. The van der Waals surface area contributed by atoms with Gasteiger partial charge >= 0.3 is 0 Å². The number of aromatic nitrogens is 4. The fourth-order valence-electron chi connectivity index (χ4n) is 4.37. The quantitative estimate of drug-likeness (QED) is 0.419. The van der Waals surface area contributed by atoms with Crippen LogP contribution in [0.3, 0.4) is 0 Å². The summed E-state index contributed by atoms with van der Waals surface area (Å²) in [5.74, 6) is 1.21. The number of hydrogen-bond donors (Lipinski definition) is 0. The number of para-hydroxylation sites is 2. The molecule has 0 fully saturated rings. The molecule has 2 aromatic carbocycles. The average molecular weight is 337 g/mol. The van der Waals surface area contributed by atoms with E-state index in [9.17, 15) is 0 Å². The Labute approximate surface area is 150 Å². The van der Waals surface area contributed by atoms with Crippen molar-refractivity contribution in [3.8, 4) is 17.1 Å². The van der Waals surface area contributed by atoms with Gasteiger partial charge in [-0.05, 0) is 36.4 Å². The van der Waals surface area contributed by atoms with Crippen molar-refractivity contribution in [3.63, 3.8) is 0 Å². The number of imidazole rings is 1. The third kappa shape index (κ3) is 1.59. The number of rotatable bonds is 1. The molecule has 4 nitrogen and oxygen atoms in total. The lowest BCUT2D eigenvalue weighted by Crippen LogP contribution is -2.31. The molecule has 0 aliphatic carbocycles. The number of pyridine rings is 1. The standard InChI is InChI=1S/C22H17N4/c1-24-19-12-6-5-10-17(19)20-22(24)26(15-8-3-2-4-9-15)21-16-11-7-13-23-18(16)14-25(20)21/h2-13H,14H2,1H3/q+1. The van der Waals surface area contributed by atoms with E-state index in [-0.39, 0.29) is 0 Å². The second kappa shape index (κ2) is 4.82. The van der Waals surface area contributed by atoms with Crippen molar-refractivity contribution in [1.82, 2.24) is 14.1 Å². The molecule has 1 aliphatic rings. The number of nitrogens with zero attached hydrogens (tertiary/aromatic N) is 4. The van der Waals surface area contributed by atoms with Gasteiger partial charge in [0.25, 0.3) is 11.5 Å². The van der Waals surface area contributed by atoms with Gasteiger partial charge in [0.2, 0.25) is 5.52 Å². The Bertz CT molecular complexity index is 1310. The Morgan fingerprint density at radius 3 is 2.62 bits per heavy atom. The minimum atomic E-state index is 0.815. The van der Waals surface area contributed by atoms with Gasteiger partial charge in [0.1, 0.15) is 12.2 Å². The molecule has 0 N–H and O–H groups in total. The van der Waals surface area contributed by atoms with E-state index in [0.29, 0.717) is 0 Å². The van der Waals surface area contributed by atoms with Gasteiger partial charge < -0.3 is 4.57 Å². The highest BCUT2D eigenvalue weighted by Crippen LogP contribution is 2.36. The van der Waals surface area contributed by atoms with Crippen molar-refractivity contribution in [2.45, 2.75) is 6.54 Å². The molecule has 0 spiro atoms. The zero-order valence-electron chi connectivity index (χ0n) is 14.4. The maximum atomic E-state index is 4.63. The van der Waals surface area contributed by atoms with Gasteiger partial charge in [0.15, 0.2) is 0 Å². The molecule has 1 aliphatic heterocycles. The van der Waals surface area contributed by atoms with Crippen molar-refractivity contribution in [2.75, 3.05) is 0 Å². The summed E-state index contributed by atoms with van der Waals surface area (Å²) in [6.07, 6.45) is 1.89. The lowest BCUT2D eigenvalue weighted by Gasteiger charge is -2.03. The summed E-state index contributed by atoms with van der Waals surface area (Å²) in [5, 5.41) is 1.29. The maximum absolute atomic E-state index is 4.63. The van der Waals surface area contributed by atoms with Crippen molar-refractivity contribution >= 4 is 22.1 Å². The van der Waals surface area contributed by atoms with Gasteiger partial charge in [-0.3, -0.25) is 4.98 Å². The van der Waals surface area contributed by atoms with E-state index in [0.717, 1.165) is 12.2 Å². The van der Waals surface area contributed by atoms with Gasteiger partial charge in [0.05, 0.1) is 22.2 Å². The van der Waals surface area contributed by atoms with Crippen LogP contribution in [0, 0.1) is 0 Å². The van der Waals surface area contributed by atoms with Crippen LogP contribution in [0.15, 0.2) is 72.9 Å². The highest BCUT2D eigenvalue weighted by atomic mass is 15.3. The van der Waals surface area contributed by atoms with Crippen LogP contribution in [0.5, 0.6) is 0 Å².